The summed E-state index contributed by atoms with van der Waals surface area (Å²) in [4.78, 5) is 2.27. The minimum atomic E-state index is 0.438. The summed E-state index contributed by atoms with van der Waals surface area (Å²) < 4.78 is 10.7. The fraction of sp³-hybridized carbons (Fsp3) is 0.444. The lowest BCUT2D eigenvalue weighted by Gasteiger charge is -2.33. The molecule has 0 amide bonds. The molecule has 0 radical (unpaired) electrons. The summed E-state index contributed by atoms with van der Waals surface area (Å²) in [6.07, 6.45) is 2.10. The summed E-state index contributed by atoms with van der Waals surface area (Å²) in [7, 11) is 1.70. The molecule has 2 heterocycles. The van der Waals surface area contributed by atoms with E-state index in [1.165, 1.54) is 0 Å². The Labute approximate surface area is 142 Å². The van der Waals surface area contributed by atoms with Crippen LogP contribution >= 0.6 is 0 Å². The molecule has 2 aromatic rings. The summed E-state index contributed by atoms with van der Waals surface area (Å²) in [5, 5.41) is 12.0. The van der Waals surface area contributed by atoms with Gasteiger partial charge in [0.15, 0.2) is 5.82 Å². The Bertz CT molecular complexity index is 640. The molecule has 0 unspecified atom stereocenters. The second-order valence-electron chi connectivity index (χ2n) is 5.77. The first-order valence-electron chi connectivity index (χ1n) is 8.41. The zero-order valence-electron chi connectivity index (χ0n) is 14.2. The van der Waals surface area contributed by atoms with Crippen molar-refractivity contribution in [3.05, 3.63) is 36.4 Å². The average Bonchev–Trinajstić information content (AvgIpc) is 2.64. The third kappa shape index (κ3) is 3.88. The monoisotopic (exact) mass is 328 g/mol. The lowest BCUT2D eigenvalue weighted by atomic mass is 10.0. The molecule has 1 saturated heterocycles. The molecule has 1 fully saturated rings. The van der Waals surface area contributed by atoms with Gasteiger partial charge in [0.1, 0.15) is 5.75 Å². The standard InChI is InChI=1S/C18H24N4O2/c1-3-24-18-9-8-17(20-21-18)22-12-10-14(11-13-22)19-15-6-4-5-7-16(15)23-2/h4-9,14,19H,3,10-13H2,1-2H3. The Hall–Kier alpha value is -2.50. The maximum absolute atomic E-state index is 5.41. The van der Waals surface area contributed by atoms with Gasteiger partial charge in [0.05, 0.1) is 19.4 Å². The van der Waals surface area contributed by atoms with Crippen molar-refractivity contribution in [1.29, 1.82) is 0 Å². The second kappa shape index (κ2) is 7.86. The number of ether oxygens (including phenoxy) is 2. The van der Waals surface area contributed by atoms with Gasteiger partial charge in [-0.3, -0.25) is 0 Å². The predicted octanol–water partition coefficient (Wildman–Crippen LogP) is 2.96. The van der Waals surface area contributed by atoms with E-state index in [1.807, 2.05) is 37.3 Å². The van der Waals surface area contributed by atoms with Crippen LogP contribution in [0, 0.1) is 0 Å². The largest absolute Gasteiger partial charge is 0.495 e. The molecule has 0 spiro atoms. The smallest absolute Gasteiger partial charge is 0.233 e. The molecule has 3 rings (SSSR count). The van der Waals surface area contributed by atoms with E-state index in [-0.39, 0.29) is 0 Å². The van der Waals surface area contributed by atoms with Crippen LogP contribution in [-0.2, 0) is 0 Å². The molecular weight excluding hydrogens is 304 g/mol. The third-order valence-corrected chi connectivity index (χ3v) is 4.20. The van der Waals surface area contributed by atoms with Gasteiger partial charge in [-0.1, -0.05) is 12.1 Å². The Morgan fingerprint density at radius 2 is 1.92 bits per heavy atom. The fourth-order valence-electron chi connectivity index (χ4n) is 2.94. The minimum Gasteiger partial charge on any atom is -0.495 e. The van der Waals surface area contributed by atoms with E-state index in [1.54, 1.807) is 7.11 Å². The number of hydrogen-bond acceptors (Lipinski definition) is 6. The molecule has 128 valence electrons. The van der Waals surface area contributed by atoms with E-state index in [4.69, 9.17) is 9.47 Å². The Kier molecular flexibility index (Phi) is 5.36. The number of hydrogen-bond donors (Lipinski definition) is 1. The number of aromatic nitrogens is 2. The van der Waals surface area contributed by atoms with Crippen molar-refractivity contribution < 1.29 is 9.47 Å². The predicted molar refractivity (Wildman–Crippen MR) is 95.1 cm³/mol. The third-order valence-electron chi connectivity index (χ3n) is 4.20. The maximum Gasteiger partial charge on any atom is 0.233 e. The molecule has 0 saturated carbocycles. The maximum atomic E-state index is 5.41. The van der Waals surface area contributed by atoms with E-state index < -0.39 is 0 Å². The van der Waals surface area contributed by atoms with Crippen LogP contribution in [0.2, 0.25) is 0 Å². The lowest BCUT2D eigenvalue weighted by Crippen LogP contribution is -2.39. The van der Waals surface area contributed by atoms with E-state index in [9.17, 15) is 0 Å². The van der Waals surface area contributed by atoms with E-state index in [0.29, 0.717) is 18.5 Å². The molecule has 1 aromatic heterocycles. The number of nitrogens with one attached hydrogen (secondary N) is 1. The molecule has 6 nitrogen and oxygen atoms in total. The summed E-state index contributed by atoms with van der Waals surface area (Å²) in [5.74, 6) is 2.38. The Balaban J connectivity index is 1.55. The summed E-state index contributed by atoms with van der Waals surface area (Å²) in [5.41, 5.74) is 1.05. The highest BCUT2D eigenvalue weighted by Gasteiger charge is 2.21. The quantitative estimate of drug-likeness (QED) is 0.880. The van der Waals surface area contributed by atoms with Crippen LogP contribution in [0.25, 0.3) is 0 Å². The van der Waals surface area contributed by atoms with Gasteiger partial charge in [0.25, 0.3) is 0 Å². The van der Waals surface area contributed by atoms with Gasteiger partial charge in [-0.05, 0) is 38.0 Å². The van der Waals surface area contributed by atoms with Crippen LogP contribution in [0.3, 0.4) is 0 Å². The van der Waals surface area contributed by atoms with Crippen molar-refractivity contribution in [1.82, 2.24) is 10.2 Å². The van der Waals surface area contributed by atoms with Crippen molar-refractivity contribution in [2.45, 2.75) is 25.8 Å². The van der Waals surface area contributed by atoms with Crippen LogP contribution in [0.1, 0.15) is 19.8 Å². The molecule has 0 bridgehead atoms. The highest BCUT2D eigenvalue weighted by atomic mass is 16.5. The van der Waals surface area contributed by atoms with E-state index >= 15 is 0 Å². The molecule has 1 aromatic carbocycles. The number of piperidine rings is 1. The molecule has 1 aliphatic rings. The van der Waals surface area contributed by atoms with Crippen molar-refractivity contribution in [3.63, 3.8) is 0 Å². The fourth-order valence-corrected chi connectivity index (χ4v) is 2.94. The summed E-state index contributed by atoms with van der Waals surface area (Å²) in [6, 6.07) is 12.3. The first kappa shape index (κ1) is 16.4. The lowest BCUT2D eigenvalue weighted by molar-refractivity contribution is 0.322. The molecule has 24 heavy (non-hydrogen) atoms. The van der Waals surface area contributed by atoms with Crippen molar-refractivity contribution in [3.8, 4) is 11.6 Å². The zero-order valence-corrected chi connectivity index (χ0v) is 14.2. The number of para-hydroxylation sites is 2. The van der Waals surface area contributed by atoms with E-state index in [2.05, 4.69) is 26.5 Å². The zero-order chi connectivity index (χ0) is 16.8. The van der Waals surface area contributed by atoms with Gasteiger partial charge in [0.2, 0.25) is 5.88 Å². The molecule has 1 aliphatic heterocycles. The molecule has 1 N–H and O–H groups in total. The number of nitrogens with zero attached hydrogens (tertiary/aromatic N) is 3. The Morgan fingerprint density at radius 1 is 1.12 bits per heavy atom. The van der Waals surface area contributed by atoms with Gasteiger partial charge in [-0.15, -0.1) is 10.2 Å². The first-order valence-corrected chi connectivity index (χ1v) is 8.41. The topological polar surface area (TPSA) is 59.5 Å². The minimum absolute atomic E-state index is 0.438. The normalized spacial score (nSPS) is 15.2. The van der Waals surface area contributed by atoms with Gasteiger partial charge < -0.3 is 19.7 Å². The SMILES string of the molecule is CCOc1ccc(N2CCC(Nc3ccccc3OC)CC2)nn1. The summed E-state index contributed by atoms with van der Waals surface area (Å²) in [6.45, 7) is 4.45. The molecule has 0 aliphatic carbocycles. The van der Waals surface area contributed by atoms with Crippen LogP contribution in [0.5, 0.6) is 11.6 Å². The highest BCUT2D eigenvalue weighted by Crippen LogP contribution is 2.27. The van der Waals surface area contributed by atoms with Crippen molar-refractivity contribution in [2.24, 2.45) is 0 Å². The van der Waals surface area contributed by atoms with Crippen LogP contribution in [0.4, 0.5) is 11.5 Å². The number of rotatable bonds is 6. The first-order chi connectivity index (χ1) is 11.8. The van der Waals surface area contributed by atoms with Gasteiger partial charge in [-0.2, -0.15) is 0 Å². The summed E-state index contributed by atoms with van der Waals surface area (Å²) >= 11 is 0. The van der Waals surface area contributed by atoms with E-state index in [0.717, 1.165) is 43.2 Å². The van der Waals surface area contributed by atoms with Crippen LogP contribution < -0.4 is 19.7 Å². The second-order valence-corrected chi connectivity index (χ2v) is 5.77. The average molecular weight is 328 g/mol. The molecular formula is C18H24N4O2. The molecule has 0 atom stereocenters. The Morgan fingerprint density at radius 3 is 2.58 bits per heavy atom. The van der Waals surface area contributed by atoms with Gasteiger partial charge in [0, 0.05) is 25.2 Å². The highest BCUT2D eigenvalue weighted by molar-refractivity contribution is 5.56. The van der Waals surface area contributed by atoms with Crippen molar-refractivity contribution >= 4 is 11.5 Å². The van der Waals surface area contributed by atoms with Gasteiger partial charge >= 0.3 is 0 Å². The van der Waals surface area contributed by atoms with Gasteiger partial charge in [-0.25, -0.2) is 0 Å². The van der Waals surface area contributed by atoms with Crippen LogP contribution in [0.15, 0.2) is 36.4 Å². The van der Waals surface area contributed by atoms with Crippen LogP contribution in [-0.4, -0.2) is 43.0 Å². The van der Waals surface area contributed by atoms with Crippen molar-refractivity contribution in [2.75, 3.05) is 37.0 Å². The number of methoxy groups -OCH3 is 1. The number of benzene rings is 1. The molecule has 6 heteroatoms. The number of anilines is 2.